The maximum Gasteiger partial charge on any atom is 0.281 e. The van der Waals surface area contributed by atoms with Crippen molar-refractivity contribution in [2.24, 2.45) is 0 Å². The second-order valence-electron chi connectivity index (χ2n) is 6.75. The van der Waals surface area contributed by atoms with Crippen LogP contribution in [0.25, 0.3) is 0 Å². The van der Waals surface area contributed by atoms with Gasteiger partial charge in [-0.3, -0.25) is 4.90 Å². The van der Waals surface area contributed by atoms with Crippen LogP contribution in [0, 0.1) is 0 Å². The van der Waals surface area contributed by atoms with Gasteiger partial charge in [0.2, 0.25) is 0 Å². The molecule has 0 unspecified atom stereocenters. The number of hydrogen-bond acceptors (Lipinski definition) is 3. The summed E-state index contributed by atoms with van der Waals surface area (Å²) in [4.78, 5) is 2.39. The van der Waals surface area contributed by atoms with Crippen LogP contribution in [-0.2, 0) is 15.6 Å². The first kappa shape index (κ1) is 17.2. The second-order valence-corrected chi connectivity index (χ2v) is 9.33. The Hall–Kier alpha value is -0.660. The lowest BCUT2D eigenvalue weighted by Gasteiger charge is -2.37. The lowest BCUT2D eigenvalue weighted by Crippen LogP contribution is -2.52. The van der Waals surface area contributed by atoms with Gasteiger partial charge in [0.1, 0.15) is 0 Å². The average molecular weight is 358 g/mol. The van der Waals surface area contributed by atoms with Crippen LogP contribution in [0.4, 0.5) is 0 Å². The van der Waals surface area contributed by atoms with Crippen LogP contribution in [0.15, 0.2) is 24.3 Å². The molecule has 0 bridgehead atoms. The van der Waals surface area contributed by atoms with E-state index in [9.17, 15) is 8.42 Å². The first-order chi connectivity index (χ1) is 10.8. The molecule has 1 aromatic rings. The van der Waals surface area contributed by atoms with Gasteiger partial charge < -0.3 is 0 Å². The highest BCUT2D eigenvalue weighted by atomic mass is 35.5. The zero-order valence-electron chi connectivity index (χ0n) is 13.7. The van der Waals surface area contributed by atoms with Gasteiger partial charge in [0.05, 0.1) is 0 Å². The van der Waals surface area contributed by atoms with E-state index in [-0.39, 0.29) is 5.41 Å². The molecule has 1 heterocycles. The topological polar surface area (TPSA) is 43.9 Å². The van der Waals surface area contributed by atoms with Gasteiger partial charge in [-0.05, 0) is 30.5 Å². The van der Waals surface area contributed by atoms with E-state index in [1.54, 1.807) is 18.4 Å². The minimum Gasteiger partial charge on any atom is -0.300 e. The van der Waals surface area contributed by atoms with Crippen LogP contribution >= 0.6 is 11.6 Å². The smallest absolute Gasteiger partial charge is 0.281 e. The van der Waals surface area contributed by atoms with Crippen LogP contribution < -0.4 is 0 Å². The average Bonchev–Trinajstić information content (AvgIpc) is 3.29. The van der Waals surface area contributed by atoms with Gasteiger partial charge in [0, 0.05) is 57.3 Å². The largest absolute Gasteiger partial charge is 0.300 e. The highest BCUT2D eigenvalue weighted by Gasteiger charge is 2.45. The Bertz CT molecular complexity index is 648. The van der Waals surface area contributed by atoms with E-state index in [0.717, 1.165) is 24.7 Å². The fourth-order valence-electron chi connectivity index (χ4n) is 3.27. The van der Waals surface area contributed by atoms with Crippen LogP contribution in [0.5, 0.6) is 0 Å². The van der Waals surface area contributed by atoms with Crippen LogP contribution in [0.3, 0.4) is 0 Å². The molecule has 0 aromatic heterocycles. The number of rotatable bonds is 5. The Morgan fingerprint density at radius 2 is 1.65 bits per heavy atom. The molecule has 1 aliphatic heterocycles. The standard InChI is InChI=1S/C16H24ClN3O2S/c1-18(2)23(21,22)20-11-9-19(10-12-20)13-16(7-8-16)14-3-5-15(17)6-4-14/h3-6H,7-13H2,1-2H3. The molecule has 2 fully saturated rings. The molecule has 3 rings (SSSR count). The van der Waals surface area contributed by atoms with Gasteiger partial charge in [0.15, 0.2) is 0 Å². The van der Waals surface area contributed by atoms with Crippen LogP contribution in [-0.4, -0.2) is 68.7 Å². The molecule has 5 nitrogen and oxygen atoms in total. The van der Waals surface area contributed by atoms with Crippen molar-refractivity contribution in [2.75, 3.05) is 46.8 Å². The summed E-state index contributed by atoms with van der Waals surface area (Å²) in [5.74, 6) is 0. The number of hydrogen-bond donors (Lipinski definition) is 0. The first-order valence-corrected chi connectivity index (χ1v) is 9.77. The summed E-state index contributed by atoms with van der Waals surface area (Å²) < 4.78 is 27.2. The Morgan fingerprint density at radius 3 is 2.13 bits per heavy atom. The highest BCUT2D eigenvalue weighted by Crippen LogP contribution is 2.49. The van der Waals surface area contributed by atoms with E-state index in [4.69, 9.17) is 11.6 Å². The molecule has 2 aliphatic rings. The fraction of sp³-hybridized carbons (Fsp3) is 0.625. The van der Waals surface area contributed by atoms with Crippen molar-refractivity contribution in [3.05, 3.63) is 34.9 Å². The van der Waals surface area contributed by atoms with Crippen molar-refractivity contribution in [3.63, 3.8) is 0 Å². The summed E-state index contributed by atoms with van der Waals surface area (Å²) in [6.45, 7) is 3.73. The Kier molecular flexibility index (Phi) is 4.73. The van der Waals surface area contributed by atoms with E-state index < -0.39 is 10.2 Å². The third kappa shape index (κ3) is 3.56. The normalized spacial score (nSPS) is 22.4. The van der Waals surface area contributed by atoms with E-state index in [1.165, 1.54) is 22.7 Å². The summed E-state index contributed by atoms with van der Waals surface area (Å²) in [6, 6.07) is 8.17. The zero-order valence-corrected chi connectivity index (χ0v) is 15.3. The quantitative estimate of drug-likeness (QED) is 0.807. The number of piperazine rings is 1. The predicted octanol–water partition coefficient (Wildman–Crippen LogP) is 1.80. The summed E-state index contributed by atoms with van der Waals surface area (Å²) in [7, 11) is -0.114. The lowest BCUT2D eigenvalue weighted by molar-refractivity contribution is 0.171. The van der Waals surface area contributed by atoms with E-state index in [2.05, 4.69) is 17.0 Å². The van der Waals surface area contributed by atoms with E-state index in [1.807, 2.05) is 12.1 Å². The molecule has 23 heavy (non-hydrogen) atoms. The minimum absolute atomic E-state index is 0.243. The fourth-order valence-corrected chi connectivity index (χ4v) is 4.48. The molecular formula is C16H24ClN3O2S. The lowest BCUT2D eigenvalue weighted by atomic mass is 9.95. The maximum absolute atomic E-state index is 12.2. The van der Waals surface area contributed by atoms with Crippen molar-refractivity contribution in [1.82, 2.24) is 13.5 Å². The van der Waals surface area contributed by atoms with Gasteiger partial charge in [-0.1, -0.05) is 23.7 Å². The molecule has 1 saturated carbocycles. The number of nitrogens with zero attached hydrogens (tertiary/aromatic N) is 3. The second kappa shape index (κ2) is 6.33. The zero-order chi connectivity index (χ0) is 16.7. The van der Waals surface area contributed by atoms with Gasteiger partial charge >= 0.3 is 0 Å². The predicted molar refractivity (Wildman–Crippen MR) is 93.0 cm³/mol. The first-order valence-electron chi connectivity index (χ1n) is 8.00. The summed E-state index contributed by atoms with van der Waals surface area (Å²) in [5.41, 5.74) is 1.60. The minimum atomic E-state index is -3.28. The number of halogens is 1. The van der Waals surface area contributed by atoms with Crippen LogP contribution in [0.1, 0.15) is 18.4 Å². The molecule has 1 aliphatic carbocycles. The van der Waals surface area contributed by atoms with Gasteiger partial charge in [0.25, 0.3) is 10.2 Å². The van der Waals surface area contributed by atoms with Gasteiger partial charge in [-0.25, -0.2) is 0 Å². The molecule has 0 radical (unpaired) electrons. The molecule has 0 atom stereocenters. The van der Waals surface area contributed by atoms with Gasteiger partial charge in [-0.15, -0.1) is 0 Å². The molecule has 1 aromatic carbocycles. The third-order valence-electron chi connectivity index (χ3n) is 4.96. The van der Waals surface area contributed by atoms with Crippen molar-refractivity contribution < 1.29 is 8.42 Å². The van der Waals surface area contributed by atoms with Crippen molar-refractivity contribution in [1.29, 1.82) is 0 Å². The van der Waals surface area contributed by atoms with E-state index >= 15 is 0 Å². The number of benzene rings is 1. The molecule has 7 heteroatoms. The molecule has 128 valence electrons. The molecule has 1 saturated heterocycles. The highest BCUT2D eigenvalue weighted by molar-refractivity contribution is 7.86. The summed E-state index contributed by atoms with van der Waals surface area (Å²) >= 11 is 5.98. The molecule has 0 amide bonds. The van der Waals surface area contributed by atoms with Gasteiger partial charge in [-0.2, -0.15) is 17.0 Å². The third-order valence-corrected chi connectivity index (χ3v) is 7.15. The van der Waals surface area contributed by atoms with Crippen molar-refractivity contribution in [3.8, 4) is 0 Å². The summed E-state index contributed by atoms with van der Waals surface area (Å²) in [6.07, 6.45) is 2.40. The van der Waals surface area contributed by atoms with Crippen molar-refractivity contribution >= 4 is 21.8 Å². The molecule has 0 spiro atoms. The monoisotopic (exact) mass is 357 g/mol. The van der Waals surface area contributed by atoms with Crippen molar-refractivity contribution in [2.45, 2.75) is 18.3 Å². The molecule has 0 N–H and O–H groups in total. The Morgan fingerprint density at radius 1 is 1.09 bits per heavy atom. The maximum atomic E-state index is 12.2. The Balaban J connectivity index is 1.60. The summed E-state index contributed by atoms with van der Waals surface area (Å²) in [5, 5.41) is 0.770. The molecular weight excluding hydrogens is 334 g/mol. The van der Waals surface area contributed by atoms with Crippen LogP contribution in [0.2, 0.25) is 5.02 Å². The SMILES string of the molecule is CN(C)S(=O)(=O)N1CCN(CC2(c3ccc(Cl)cc3)CC2)CC1. The van der Waals surface area contributed by atoms with E-state index in [0.29, 0.717) is 13.1 Å². The Labute approximate surface area is 144 Å².